The molecule has 2 rings (SSSR count). The van der Waals surface area contributed by atoms with Crippen LogP contribution in [0.2, 0.25) is 0 Å². The quantitative estimate of drug-likeness (QED) is 0.661. The molecule has 2 fully saturated rings. The van der Waals surface area contributed by atoms with Gasteiger partial charge in [-0.2, -0.15) is 0 Å². The molecule has 0 radical (unpaired) electrons. The molecule has 0 bridgehead atoms. The topological polar surface area (TPSA) is 29.1 Å². The summed E-state index contributed by atoms with van der Waals surface area (Å²) in [5.41, 5.74) is 0. The van der Waals surface area contributed by atoms with Crippen LogP contribution in [0, 0.1) is 24.2 Å². The standard InChI is InChI=1S/C12H17NO/c1-2-3-8-11-9-6-4-5-7-10(9)12(14)13-11/h1,9-11H,3-8H2,(H,13,14)/t9-,10+,11-/m1/s1. The summed E-state index contributed by atoms with van der Waals surface area (Å²) in [5.74, 6) is 3.80. The Morgan fingerprint density at radius 1 is 1.43 bits per heavy atom. The van der Waals surface area contributed by atoms with Gasteiger partial charge in [0.25, 0.3) is 0 Å². The highest BCUT2D eigenvalue weighted by molar-refractivity contribution is 5.81. The van der Waals surface area contributed by atoms with Gasteiger partial charge in [-0.25, -0.2) is 0 Å². The minimum Gasteiger partial charge on any atom is -0.353 e. The zero-order valence-corrected chi connectivity index (χ0v) is 8.46. The van der Waals surface area contributed by atoms with Gasteiger partial charge in [0, 0.05) is 18.4 Å². The first-order chi connectivity index (χ1) is 6.83. The molecule has 3 atom stereocenters. The lowest BCUT2D eigenvalue weighted by Gasteiger charge is -2.26. The Balaban J connectivity index is 1.99. The van der Waals surface area contributed by atoms with Crippen LogP contribution < -0.4 is 5.32 Å². The first-order valence-corrected chi connectivity index (χ1v) is 5.57. The maximum atomic E-state index is 11.6. The van der Waals surface area contributed by atoms with Crippen molar-refractivity contribution in [3.8, 4) is 12.3 Å². The van der Waals surface area contributed by atoms with E-state index in [0.717, 1.165) is 19.3 Å². The number of hydrogen-bond donors (Lipinski definition) is 1. The maximum absolute atomic E-state index is 11.6. The Hall–Kier alpha value is -0.970. The molecule has 1 amide bonds. The van der Waals surface area contributed by atoms with E-state index in [-0.39, 0.29) is 5.91 Å². The molecule has 2 heteroatoms. The van der Waals surface area contributed by atoms with Gasteiger partial charge in [-0.1, -0.05) is 12.8 Å². The lowest BCUT2D eigenvalue weighted by Crippen LogP contribution is -2.29. The molecular weight excluding hydrogens is 174 g/mol. The highest BCUT2D eigenvalue weighted by Crippen LogP contribution is 2.37. The van der Waals surface area contributed by atoms with E-state index in [1.165, 1.54) is 19.3 Å². The summed E-state index contributed by atoms with van der Waals surface area (Å²) in [5, 5.41) is 3.10. The summed E-state index contributed by atoms with van der Waals surface area (Å²) >= 11 is 0. The van der Waals surface area contributed by atoms with Gasteiger partial charge in [0.15, 0.2) is 0 Å². The average Bonchev–Trinajstić information content (AvgIpc) is 2.54. The molecule has 0 spiro atoms. The van der Waals surface area contributed by atoms with Crippen molar-refractivity contribution in [3.63, 3.8) is 0 Å². The van der Waals surface area contributed by atoms with Crippen molar-refractivity contribution in [2.24, 2.45) is 11.8 Å². The van der Waals surface area contributed by atoms with Gasteiger partial charge in [0.05, 0.1) is 0 Å². The van der Waals surface area contributed by atoms with Crippen molar-refractivity contribution in [2.75, 3.05) is 0 Å². The van der Waals surface area contributed by atoms with E-state index < -0.39 is 0 Å². The number of amides is 1. The van der Waals surface area contributed by atoms with Gasteiger partial charge in [0.2, 0.25) is 5.91 Å². The summed E-state index contributed by atoms with van der Waals surface area (Å²) < 4.78 is 0. The molecule has 0 aromatic carbocycles. The summed E-state index contributed by atoms with van der Waals surface area (Å²) in [6.07, 6.45) is 11.8. The molecule has 1 saturated heterocycles. The summed E-state index contributed by atoms with van der Waals surface area (Å²) in [7, 11) is 0. The van der Waals surface area contributed by atoms with Crippen LogP contribution in [0.4, 0.5) is 0 Å². The molecule has 0 aromatic heterocycles. The summed E-state index contributed by atoms with van der Waals surface area (Å²) in [6.45, 7) is 0. The number of fused-ring (bicyclic) bond motifs is 1. The fraction of sp³-hybridized carbons (Fsp3) is 0.750. The number of nitrogens with one attached hydrogen (secondary N) is 1. The van der Waals surface area contributed by atoms with Crippen LogP contribution in [0.15, 0.2) is 0 Å². The van der Waals surface area contributed by atoms with E-state index in [0.29, 0.717) is 17.9 Å². The molecule has 76 valence electrons. The summed E-state index contributed by atoms with van der Waals surface area (Å²) in [4.78, 5) is 11.6. The van der Waals surface area contributed by atoms with Gasteiger partial charge in [0.1, 0.15) is 0 Å². The van der Waals surface area contributed by atoms with Crippen LogP contribution in [-0.2, 0) is 4.79 Å². The monoisotopic (exact) mass is 191 g/mol. The third-order valence-corrected chi connectivity index (χ3v) is 3.60. The molecule has 0 unspecified atom stereocenters. The molecule has 1 N–H and O–H groups in total. The van der Waals surface area contributed by atoms with Gasteiger partial charge < -0.3 is 5.32 Å². The first-order valence-electron chi connectivity index (χ1n) is 5.57. The van der Waals surface area contributed by atoms with Crippen molar-refractivity contribution in [1.82, 2.24) is 5.32 Å². The zero-order chi connectivity index (χ0) is 9.97. The second-order valence-corrected chi connectivity index (χ2v) is 4.41. The highest BCUT2D eigenvalue weighted by atomic mass is 16.2. The van der Waals surface area contributed by atoms with Crippen LogP contribution in [0.3, 0.4) is 0 Å². The normalized spacial score (nSPS) is 35.9. The Bertz CT molecular complexity index is 266. The van der Waals surface area contributed by atoms with Crippen molar-refractivity contribution in [1.29, 1.82) is 0 Å². The molecule has 14 heavy (non-hydrogen) atoms. The third kappa shape index (κ3) is 1.64. The molecule has 1 heterocycles. The zero-order valence-electron chi connectivity index (χ0n) is 8.46. The van der Waals surface area contributed by atoms with Gasteiger partial charge in [-0.05, 0) is 25.2 Å². The lowest BCUT2D eigenvalue weighted by molar-refractivity contribution is -0.123. The molecule has 0 aromatic rings. The predicted octanol–water partition coefficient (Wildman–Crippen LogP) is 1.70. The third-order valence-electron chi connectivity index (χ3n) is 3.60. The number of terminal acetylenes is 1. The Morgan fingerprint density at radius 3 is 3.00 bits per heavy atom. The number of carbonyl (C=O) groups is 1. The lowest BCUT2D eigenvalue weighted by atomic mass is 9.77. The second kappa shape index (κ2) is 4.04. The van der Waals surface area contributed by atoms with Crippen LogP contribution in [0.25, 0.3) is 0 Å². The van der Waals surface area contributed by atoms with Crippen LogP contribution in [0.1, 0.15) is 38.5 Å². The fourth-order valence-corrected chi connectivity index (χ4v) is 2.89. The van der Waals surface area contributed by atoms with Crippen molar-refractivity contribution in [2.45, 2.75) is 44.6 Å². The maximum Gasteiger partial charge on any atom is 0.223 e. The van der Waals surface area contributed by atoms with Crippen LogP contribution in [-0.4, -0.2) is 11.9 Å². The average molecular weight is 191 g/mol. The minimum absolute atomic E-state index is 0.275. The molecule has 1 aliphatic carbocycles. The van der Waals surface area contributed by atoms with E-state index >= 15 is 0 Å². The number of rotatable bonds is 2. The van der Waals surface area contributed by atoms with E-state index in [4.69, 9.17) is 6.42 Å². The number of hydrogen-bond acceptors (Lipinski definition) is 1. The largest absolute Gasteiger partial charge is 0.353 e. The minimum atomic E-state index is 0.275. The van der Waals surface area contributed by atoms with Gasteiger partial charge in [-0.15, -0.1) is 12.3 Å². The molecule has 2 aliphatic rings. The van der Waals surface area contributed by atoms with Crippen molar-refractivity contribution >= 4 is 5.91 Å². The molecule has 2 nitrogen and oxygen atoms in total. The van der Waals surface area contributed by atoms with Gasteiger partial charge >= 0.3 is 0 Å². The van der Waals surface area contributed by atoms with E-state index in [1.807, 2.05) is 0 Å². The smallest absolute Gasteiger partial charge is 0.223 e. The van der Waals surface area contributed by atoms with E-state index in [2.05, 4.69) is 11.2 Å². The fourth-order valence-electron chi connectivity index (χ4n) is 2.89. The Labute approximate surface area is 85.5 Å². The first kappa shape index (κ1) is 9.58. The Kier molecular flexibility index (Phi) is 2.77. The molecule has 1 saturated carbocycles. The predicted molar refractivity (Wildman–Crippen MR) is 55.4 cm³/mol. The highest BCUT2D eigenvalue weighted by Gasteiger charge is 2.42. The number of carbonyl (C=O) groups excluding carboxylic acids is 1. The molecule has 1 aliphatic heterocycles. The van der Waals surface area contributed by atoms with E-state index in [1.54, 1.807) is 0 Å². The van der Waals surface area contributed by atoms with Crippen LogP contribution in [0.5, 0.6) is 0 Å². The SMILES string of the molecule is C#CCC[C@H]1NC(=O)[C@H]2CCCC[C@H]21. The summed E-state index contributed by atoms with van der Waals surface area (Å²) in [6, 6.07) is 0.365. The Morgan fingerprint density at radius 2 is 2.21 bits per heavy atom. The van der Waals surface area contributed by atoms with E-state index in [9.17, 15) is 4.79 Å². The molecular formula is C12H17NO. The van der Waals surface area contributed by atoms with Crippen molar-refractivity contribution in [3.05, 3.63) is 0 Å². The van der Waals surface area contributed by atoms with Gasteiger partial charge in [-0.3, -0.25) is 4.79 Å². The van der Waals surface area contributed by atoms with Crippen LogP contribution >= 0.6 is 0 Å². The van der Waals surface area contributed by atoms with Crippen molar-refractivity contribution < 1.29 is 4.79 Å². The second-order valence-electron chi connectivity index (χ2n) is 4.41.